The Kier molecular flexibility index (Phi) is 5.08. The molecule has 0 atom stereocenters. The van der Waals surface area contributed by atoms with E-state index >= 15 is 0 Å². The summed E-state index contributed by atoms with van der Waals surface area (Å²) >= 11 is 0. The second-order valence-electron chi connectivity index (χ2n) is 7.15. The molecule has 21 heavy (non-hydrogen) atoms. The molecular weight excluding hydrogens is 264 g/mol. The number of hydrogen-bond donors (Lipinski definition) is 0. The highest BCUT2D eigenvalue weighted by atomic mass is 16.5. The van der Waals surface area contributed by atoms with Crippen molar-refractivity contribution < 1.29 is 14.3 Å². The van der Waals surface area contributed by atoms with Crippen molar-refractivity contribution in [1.82, 2.24) is 0 Å². The molecule has 0 heterocycles. The van der Waals surface area contributed by atoms with Crippen LogP contribution in [0.3, 0.4) is 0 Å². The smallest absolute Gasteiger partial charge is 0.316 e. The quantitative estimate of drug-likeness (QED) is 0.589. The van der Waals surface area contributed by atoms with Crippen LogP contribution in [-0.2, 0) is 4.79 Å². The largest absolute Gasteiger partial charge is 0.488 e. The second kappa shape index (κ2) is 6.08. The fourth-order valence-electron chi connectivity index (χ4n) is 1.70. The predicted octanol–water partition coefficient (Wildman–Crippen LogP) is 4.82. The first-order chi connectivity index (χ1) is 9.48. The van der Waals surface area contributed by atoms with Gasteiger partial charge in [-0.15, -0.1) is 0 Å². The molecule has 0 fully saturated rings. The van der Waals surface area contributed by atoms with Crippen LogP contribution in [0.1, 0.15) is 59.1 Å². The Balaban J connectivity index is 3.03. The third-order valence-electron chi connectivity index (χ3n) is 3.74. The minimum atomic E-state index is -0.471. The van der Waals surface area contributed by atoms with E-state index in [2.05, 4.69) is 0 Å². The minimum absolute atomic E-state index is 0.197. The van der Waals surface area contributed by atoms with E-state index in [1.807, 2.05) is 67.5 Å². The van der Waals surface area contributed by atoms with Gasteiger partial charge < -0.3 is 9.47 Å². The molecule has 0 aromatic heterocycles. The van der Waals surface area contributed by atoms with Gasteiger partial charge in [-0.1, -0.05) is 6.92 Å². The maximum Gasteiger partial charge on any atom is 0.316 e. The summed E-state index contributed by atoms with van der Waals surface area (Å²) in [6.45, 7) is 15.8. The van der Waals surface area contributed by atoms with Gasteiger partial charge in [0.05, 0.1) is 5.41 Å². The molecule has 0 aliphatic heterocycles. The van der Waals surface area contributed by atoms with E-state index < -0.39 is 5.41 Å². The van der Waals surface area contributed by atoms with Crippen LogP contribution in [0.4, 0.5) is 0 Å². The highest BCUT2D eigenvalue weighted by molar-refractivity contribution is 5.78. The standard InChI is InChI=1S/C18H28O3/c1-9-18(7,8)16(19)20-14-10-11-15(13(3)12(14)2)21-17(4,5)6/h10-11H,9H2,1-8H3. The highest BCUT2D eigenvalue weighted by Crippen LogP contribution is 2.33. The highest BCUT2D eigenvalue weighted by Gasteiger charge is 2.28. The van der Waals surface area contributed by atoms with Gasteiger partial charge in [0.1, 0.15) is 17.1 Å². The van der Waals surface area contributed by atoms with Crippen LogP contribution >= 0.6 is 0 Å². The molecule has 3 nitrogen and oxygen atoms in total. The molecule has 3 heteroatoms. The van der Waals surface area contributed by atoms with E-state index in [4.69, 9.17) is 9.47 Å². The van der Waals surface area contributed by atoms with Crippen LogP contribution in [0, 0.1) is 19.3 Å². The number of carbonyl (C=O) groups is 1. The molecule has 0 aliphatic carbocycles. The van der Waals surface area contributed by atoms with Crippen molar-refractivity contribution in [2.75, 3.05) is 0 Å². The summed E-state index contributed by atoms with van der Waals surface area (Å²) in [6, 6.07) is 3.68. The summed E-state index contributed by atoms with van der Waals surface area (Å²) in [6.07, 6.45) is 0.745. The van der Waals surface area contributed by atoms with Crippen LogP contribution in [-0.4, -0.2) is 11.6 Å². The van der Waals surface area contributed by atoms with Crippen molar-refractivity contribution in [3.63, 3.8) is 0 Å². The zero-order chi connectivity index (χ0) is 16.4. The monoisotopic (exact) mass is 292 g/mol. The maximum absolute atomic E-state index is 12.2. The zero-order valence-electron chi connectivity index (χ0n) is 14.6. The van der Waals surface area contributed by atoms with Gasteiger partial charge in [-0.2, -0.15) is 0 Å². The molecule has 1 aromatic rings. The Morgan fingerprint density at radius 2 is 1.48 bits per heavy atom. The normalized spacial score (nSPS) is 12.2. The summed E-state index contributed by atoms with van der Waals surface area (Å²) in [7, 11) is 0. The van der Waals surface area contributed by atoms with Crippen molar-refractivity contribution in [3.05, 3.63) is 23.3 Å². The molecule has 0 radical (unpaired) electrons. The number of rotatable bonds is 4. The molecule has 0 bridgehead atoms. The second-order valence-corrected chi connectivity index (χ2v) is 7.15. The molecule has 0 aliphatic rings. The Morgan fingerprint density at radius 3 is 1.95 bits per heavy atom. The number of benzene rings is 1. The van der Waals surface area contributed by atoms with Crippen molar-refractivity contribution in [2.24, 2.45) is 5.41 Å². The summed E-state index contributed by atoms with van der Waals surface area (Å²) < 4.78 is 11.5. The molecule has 0 N–H and O–H groups in total. The Hall–Kier alpha value is -1.51. The fourth-order valence-corrected chi connectivity index (χ4v) is 1.70. The van der Waals surface area contributed by atoms with Crippen molar-refractivity contribution in [3.8, 4) is 11.5 Å². The van der Waals surface area contributed by atoms with E-state index in [0.29, 0.717) is 5.75 Å². The van der Waals surface area contributed by atoms with Gasteiger partial charge in [-0.05, 0) is 78.1 Å². The minimum Gasteiger partial charge on any atom is -0.488 e. The van der Waals surface area contributed by atoms with E-state index in [-0.39, 0.29) is 11.6 Å². The van der Waals surface area contributed by atoms with Crippen LogP contribution in [0.2, 0.25) is 0 Å². The number of esters is 1. The lowest BCUT2D eigenvalue weighted by atomic mass is 9.90. The molecular formula is C18H28O3. The van der Waals surface area contributed by atoms with E-state index in [1.165, 1.54) is 0 Å². The van der Waals surface area contributed by atoms with Gasteiger partial charge in [0, 0.05) is 0 Å². The van der Waals surface area contributed by atoms with E-state index in [1.54, 1.807) is 0 Å². The van der Waals surface area contributed by atoms with Gasteiger partial charge in [-0.25, -0.2) is 0 Å². The Labute approximate surface area is 128 Å². The summed E-state index contributed by atoms with van der Waals surface area (Å²) in [5, 5.41) is 0. The van der Waals surface area contributed by atoms with Crippen LogP contribution in [0.5, 0.6) is 11.5 Å². The molecule has 118 valence electrons. The Morgan fingerprint density at radius 1 is 1.00 bits per heavy atom. The van der Waals surface area contributed by atoms with Gasteiger partial charge >= 0.3 is 5.97 Å². The van der Waals surface area contributed by atoms with Gasteiger partial charge in [0.15, 0.2) is 0 Å². The summed E-state index contributed by atoms with van der Waals surface area (Å²) in [4.78, 5) is 12.2. The van der Waals surface area contributed by atoms with Gasteiger partial charge in [-0.3, -0.25) is 4.79 Å². The number of hydrogen-bond acceptors (Lipinski definition) is 3. The fraction of sp³-hybridized carbons (Fsp3) is 0.611. The van der Waals surface area contributed by atoms with Crippen LogP contribution < -0.4 is 9.47 Å². The molecule has 0 saturated heterocycles. The van der Waals surface area contributed by atoms with Crippen LogP contribution in [0.15, 0.2) is 12.1 Å². The number of ether oxygens (including phenoxy) is 2. The Bertz CT molecular complexity index is 522. The van der Waals surface area contributed by atoms with Crippen molar-refractivity contribution >= 4 is 5.97 Å². The van der Waals surface area contributed by atoms with E-state index in [9.17, 15) is 4.79 Å². The first-order valence-electron chi connectivity index (χ1n) is 7.49. The number of carbonyl (C=O) groups excluding carboxylic acids is 1. The SMILES string of the molecule is CCC(C)(C)C(=O)Oc1ccc(OC(C)(C)C)c(C)c1C. The summed E-state index contributed by atoms with van der Waals surface area (Å²) in [5.41, 5.74) is 1.22. The lowest BCUT2D eigenvalue weighted by Crippen LogP contribution is -2.28. The first-order valence-corrected chi connectivity index (χ1v) is 7.49. The molecule has 1 aromatic carbocycles. The third kappa shape index (κ3) is 4.48. The average molecular weight is 292 g/mol. The molecule has 0 saturated carbocycles. The molecule has 0 unspecified atom stereocenters. The molecule has 0 spiro atoms. The first kappa shape index (κ1) is 17.5. The third-order valence-corrected chi connectivity index (χ3v) is 3.74. The summed E-state index contributed by atoms with van der Waals surface area (Å²) in [5.74, 6) is 1.24. The predicted molar refractivity (Wildman–Crippen MR) is 86.0 cm³/mol. The van der Waals surface area contributed by atoms with Gasteiger partial charge in [0.25, 0.3) is 0 Å². The lowest BCUT2D eigenvalue weighted by Gasteiger charge is -2.25. The van der Waals surface area contributed by atoms with Crippen molar-refractivity contribution in [1.29, 1.82) is 0 Å². The maximum atomic E-state index is 12.2. The van der Waals surface area contributed by atoms with E-state index in [0.717, 1.165) is 23.3 Å². The lowest BCUT2D eigenvalue weighted by molar-refractivity contribution is -0.144. The average Bonchev–Trinajstić information content (AvgIpc) is 2.36. The van der Waals surface area contributed by atoms with Gasteiger partial charge in [0.2, 0.25) is 0 Å². The molecule has 0 amide bonds. The zero-order valence-corrected chi connectivity index (χ0v) is 14.6. The molecule has 1 rings (SSSR count). The topological polar surface area (TPSA) is 35.5 Å². The van der Waals surface area contributed by atoms with Crippen LogP contribution in [0.25, 0.3) is 0 Å². The van der Waals surface area contributed by atoms with Crippen molar-refractivity contribution in [2.45, 2.75) is 67.4 Å².